The standard InChI is InChI=1S/C32H54NO6PS/c1-3-4-5-6-7-8-9-10-11-12-13-14-15-16-17-18-23-37-27-32(36-2)28-38-40(34,35)39-31-21-19-20-30(25-31)26-33-22-24-41-29-33/h19-22,24-25,29,32H,3-18,23,26-28H2,1-2H3. The molecule has 7 nitrogen and oxygen atoms in total. The second-order valence-corrected chi connectivity index (χ2v) is 13.0. The van der Waals surface area contributed by atoms with Gasteiger partial charge in [-0.05, 0) is 18.6 Å². The van der Waals surface area contributed by atoms with E-state index in [-0.39, 0.29) is 19.0 Å². The Morgan fingerprint density at radius 2 is 1.49 bits per heavy atom. The van der Waals surface area contributed by atoms with E-state index in [1.165, 1.54) is 97.0 Å². The molecule has 0 N–H and O–H groups in total. The maximum Gasteiger partial charge on any atom is 0.319 e. The number of unbranched alkanes of at least 4 members (excludes halogenated alkanes) is 15. The molecule has 0 aliphatic rings. The third kappa shape index (κ3) is 18.8. The summed E-state index contributed by atoms with van der Waals surface area (Å²) >= 11 is 1.60. The van der Waals surface area contributed by atoms with Crippen molar-refractivity contribution in [2.24, 2.45) is 0 Å². The molecule has 41 heavy (non-hydrogen) atoms. The van der Waals surface area contributed by atoms with Crippen LogP contribution in [0.15, 0.2) is 41.4 Å². The Hall–Kier alpha value is -1.28. The lowest BCUT2D eigenvalue weighted by molar-refractivity contribution is -0.683. The van der Waals surface area contributed by atoms with Crippen LogP contribution in [0.3, 0.4) is 0 Å². The Kier molecular flexibility index (Phi) is 20.3. The van der Waals surface area contributed by atoms with Crippen LogP contribution in [0.5, 0.6) is 5.75 Å². The van der Waals surface area contributed by atoms with Crippen molar-refractivity contribution in [1.82, 2.24) is 0 Å². The molecule has 0 aliphatic carbocycles. The molecule has 0 amide bonds. The summed E-state index contributed by atoms with van der Waals surface area (Å²) in [5, 5.41) is 1.98. The Bertz CT molecular complexity index is 929. The van der Waals surface area contributed by atoms with Crippen molar-refractivity contribution in [2.45, 2.75) is 122 Å². The van der Waals surface area contributed by atoms with Crippen LogP contribution in [-0.2, 0) is 25.1 Å². The molecule has 0 saturated heterocycles. The van der Waals surface area contributed by atoms with E-state index < -0.39 is 13.9 Å². The molecule has 1 heterocycles. The molecule has 2 unspecified atom stereocenters. The van der Waals surface area contributed by atoms with E-state index in [9.17, 15) is 9.46 Å². The van der Waals surface area contributed by atoms with Gasteiger partial charge in [-0.15, -0.1) is 0 Å². The summed E-state index contributed by atoms with van der Waals surface area (Å²) < 4.78 is 35.7. The smallest absolute Gasteiger partial charge is 0.319 e. The number of thiazole rings is 1. The first kappa shape index (κ1) is 35.9. The monoisotopic (exact) mass is 611 g/mol. The SMILES string of the molecule is CCCCCCCCCCCCCCCCCCOCC(COP(=O)([O-])Oc1cccc(C[n+]2ccsc2)c1)OC. The van der Waals surface area contributed by atoms with Crippen LogP contribution in [0.2, 0.25) is 0 Å². The van der Waals surface area contributed by atoms with Gasteiger partial charge in [-0.2, -0.15) is 4.57 Å². The minimum Gasteiger partial charge on any atom is -0.746 e. The number of phosphoric ester groups is 1. The number of rotatable bonds is 27. The minimum atomic E-state index is -4.54. The van der Waals surface area contributed by atoms with Crippen LogP contribution < -0.4 is 14.0 Å². The number of hydrogen-bond donors (Lipinski definition) is 0. The molecule has 0 aliphatic heterocycles. The van der Waals surface area contributed by atoms with Crippen LogP contribution in [0, 0.1) is 0 Å². The summed E-state index contributed by atoms with van der Waals surface area (Å²) in [7, 11) is -3.02. The fraction of sp³-hybridized carbons (Fsp3) is 0.719. The van der Waals surface area contributed by atoms with Crippen molar-refractivity contribution in [3.8, 4) is 5.75 Å². The molecule has 2 rings (SSSR count). The third-order valence-corrected chi connectivity index (χ3v) is 8.78. The summed E-state index contributed by atoms with van der Waals surface area (Å²) in [6, 6.07) is 6.99. The highest BCUT2D eigenvalue weighted by Crippen LogP contribution is 2.39. The number of methoxy groups -OCH3 is 1. The molecule has 0 spiro atoms. The van der Waals surface area contributed by atoms with Crippen molar-refractivity contribution in [3.63, 3.8) is 0 Å². The van der Waals surface area contributed by atoms with Gasteiger partial charge < -0.3 is 23.4 Å². The van der Waals surface area contributed by atoms with E-state index in [4.69, 9.17) is 18.5 Å². The van der Waals surface area contributed by atoms with Crippen molar-refractivity contribution in [2.75, 3.05) is 26.9 Å². The van der Waals surface area contributed by atoms with Gasteiger partial charge in [0.05, 0.1) is 18.6 Å². The number of benzene rings is 1. The lowest BCUT2D eigenvalue weighted by Crippen LogP contribution is -2.30. The molecule has 2 aromatic rings. The number of phosphoric acid groups is 1. The predicted molar refractivity (Wildman–Crippen MR) is 165 cm³/mol. The van der Waals surface area contributed by atoms with Gasteiger partial charge in [0.2, 0.25) is 5.51 Å². The average Bonchev–Trinajstić information content (AvgIpc) is 3.47. The Morgan fingerprint density at radius 1 is 0.878 bits per heavy atom. The van der Waals surface area contributed by atoms with Crippen LogP contribution in [0.4, 0.5) is 0 Å². The van der Waals surface area contributed by atoms with Crippen molar-refractivity contribution < 1.29 is 32.5 Å². The summed E-state index contributed by atoms with van der Waals surface area (Å²) in [5.41, 5.74) is 2.92. The normalized spacial score (nSPS) is 13.7. The minimum absolute atomic E-state index is 0.152. The fourth-order valence-corrected chi connectivity index (χ4v) is 6.12. The molecular weight excluding hydrogens is 557 g/mol. The molecule has 234 valence electrons. The van der Waals surface area contributed by atoms with E-state index in [1.54, 1.807) is 29.5 Å². The topological polar surface area (TPSA) is 80.9 Å². The van der Waals surface area contributed by atoms with Gasteiger partial charge in [-0.1, -0.05) is 127 Å². The lowest BCUT2D eigenvalue weighted by atomic mass is 10.0. The van der Waals surface area contributed by atoms with Gasteiger partial charge in [0.1, 0.15) is 11.9 Å². The van der Waals surface area contributed by atoms with Crippen LogP contribution in [-0.4, -0.2) is 33.0 Å². The molecule has 0 radical (unpaired) electrons. The van der Waals surface area contributed by atoms with Gasteiger partial charge in [0.15, 0.2) is 12.7 Å². The zero-order valence-corrected chi connectivity index (χ0v) is 27.2. The number of aromatic nitrogens is 1. The molecule has 9 heteroatoms. The van der Waals surface area contributed by atoms with Gasteiger partial charge >= 0.3 is 7.82 Å². The molecule has 0 saturated carbocycles. The largest absolute Gasteiger partial charge is 0.746 e. The van der Waals surface area contributed by atoms with Crippen LogP contribution in [0.1, 0.15) is 115 Å². The zero-order valence-electron chi connectivity index (χ0n) is 25.5. The molecule has 1 aromatic heterocycles. The highest BCUT2D eigenvalue weighted by molar-refractivity contribution is 7.46. The first-order valence-electron chi connectivity index (χ1n) is 15.8. The first-order valence-corrected chi connectivity index (χ1v) is 18.2. The van der Waals surface area contributed by atoms with Crippen LogP contribution in [0.25, 0.3) is 0 Å². The number of ether oxygens (including phenoxy) is 2. The Morgan fingerprint density at radius 3 is 2.05 bits per heavy atom. The zero-order chi connectivity index (χ0) is 29.4. The summed E-state index contributed by atoms with van der Waals surface area (Å²) in [4.78, 5) is 12.4. The quantitative estimate of drug-likeness (QED) is 0.0575. The second-order valence-electron chi connectivity index (χ2n) is 10.9. The van der Waals surface area contributed by atoms with Gasteiger partial charge in [-0.25, -0.2) is 0 Å². The Balaban J connectivity index is 1.44. The maximum absolute atomic E-state index is 12.4. The molecule has 0 bridgehead atoms. The maximum atomic E-state index is 12.4. The van der Waals surface area contributed by atoms with Gasteiger partial charge in [0, 0.05) is 19.3 Å². The van der Waals surface area contributed by atoms with E-state index in [1.807, 2.05) is 27.7 Å². The highest BCUT2D eigenvalue weighted by Gasteiger charge is 2.17. The van der Waals surface area contributed by atoms with Crippen molar-refractivity contribution >= 4 is 19.2 Å². The van der Waals surface area contributed by atoms with E-state index >= 15 is 0 Å². The van der Waals surface area contributed by atoms with Crippen molar-refractivity contribution in [1.29, 1.82) is 0 Å². The highest BCUT2D eigenvalue weighted by atomic mass is 32.1. The van der Waals surface area contributed by atoms with E-state index in [0.717, 1.165) is 18.4 Å². The molecule has 2 atom stereocenters. The summed E-state index contributed by atoms with van der Waals surface area (Å²) in [6.07, 6.45) is 22.9. The molecule has 1 aromatic carbocycles. The van der Waals surface area contributed by atoms with Gasteiger partial charge in [-0.3, -0.25) is 4.57 Å². The fourth-order valence-electron chi connectivity index (χ4n) is 4.74. The lowest BCUT2D eigenvalue weighted by Gasteiger charge is -2.25. The van der Waals surface area contributed by atoms with Crippen LogP contribution >= 0.6 is 19.2 Å². The Labute approximate surface area is 253 Å². The van der Waals surface area contributed by atoms with Crippen molar-refractivity contribution in [3.05, 3.63) is 46.9 Å². The summed E-state index contributed by atoms with van der Waals surface area (Å²) in [6.45, 7) is 3.67. The van der Waals surface area contributed by atoms with E-state index in [2.05, 4.69) is 6.92 Å². The first-order chi connectivity index (χ1) is 20.0. The predicted octanol–water partition coefficient (Wildman–Crippen LogP) is 8.24. The number of hydrogen-bond acceptors (Lipinski definition) is 7. The third-order valence-electron chi connectivity index (χ3n) is 7.21. The summed E-state index contributed by atoms with van der Waals surface area (Å²) in [5.74, 6) is 0.227. The molecular formula is C32H54NO6PS. The van der Waals surface area contributed by atoms with E-state index in [0.29, 0.717) is 13.2 Å². The number of nitrogens with zero attached hydrogens (tertiary/aromatic N) is 1. The second kappa shape index (κ2) is 23.2. The van der Waals surface area contributed by atoms with Gasteiger partial charge in [0.25, 0.3) is 0 Å². The molecule has 0 fully saturated rings. The average molecular weight is 612 g/mol.